The smallest absolute Gasteiger partial charge is 0.155 e. The zero-order valence-corrected chi connectivity index (χ0v) is 12.4. The number of hydrogen-bond donors (Lipinski definition) is 1. The molecule has 0 radical (unpaired) electrons. The highest BCUT2D eigenvalue weighted by atomic mass is 35.5. The Balaban J connectivity index is 1.82. The van der Waals surface area contributed by atoms with E-state index in [1.807, 2.05) is 23.3 Å². The monoisotopic (exact) mass is 298 g/mol. The molecule has 1 aliphatic carbocycles. The third-order valence-electron chi connectivity index (χ3n) is 3.78. The average Bonchev–Trinajstić information content (AvgIpc) is 2.86. The molecule has 2 heterocycles. The van der Waals surface area contributed by atoms with Crippen molar-refractivity contribution in [1.82, 2.24) is 5.06 Å². The molecule has 0 bridgehead atoms. The lowest BCUT2D eigenvalue weighted by atomic mass is 10.1. The zero-order chi connectivity index (χ0) is 13.2. The molecule has 1 fully saturated rings. The summed E-state index contributed by atoms with van der Waals surface area (Å²) in [7, 11) is 0. The van der Waals surface area contributed by atoms with Gasteiger partial charge in [-0.15, -0.1) is 11.3 Å². The summed E-state index contributed by atoms with van der Waals surface area (Å²) in [5.41, 5.74) is 7.03. The lowest BCUT2D eigenvalue weighted by Crippen LogP contribution is -2.34. The molecule has 0 spiro atoms. The third-order valence-corrected chi connectivity index (χ3v) is 5.03. The van der Waals surface area contributed by atoms with Gasteiger partial charge < -0.3 is 5.73 Å². The van der Waals surface area contributed by atoms with Crippen LogP contribution in [0.1, 0.15) is 43.4 Å². The van der Waals surface area contributed by atoms with Crippen molar-refractivity contribution >= 4 is 28.6 Å². The van der Waals surface area contributed by atoms with E-state index < -0.39 is 0 Å². The fourth-order valence-corrected chi connectivity index (χ4v) is 3.92. The van der Waals surface area contributed by atoms with Crippen LogP contribution in [0.2, 0.25) is 4.34 Å². The van der Waals surface area contributed by atoms with E-state index in [1.54, 1.807) is 11.3 Å². The van der Waals surface area contributed by atoms with E-state index in [4.69, 9.17) is 22.2 Å². The van der Waals surface area contributed by atoms with Gasteiger partial charge in [-0.1, -0.05) is 37.3 Å². The predicted molar refractivity (Wildman–Crippen MR) is 79.7 cm³/mol. The first-order valence-corrected chi connectivity index (χ1v) is 8.12. The van der Waals surface area contributed by atoms with E-state index in [2.05, 4.69) is 0 Å². The summed E-state index contributed by atoms with van der Waals surface area (Å²) in [6.07, 6.45) is 9.25. The van der Waals surface area contributed by atoms with Crippen LogP contribution in [0.3, 0.4) is 0 Å². The summed E-state index contributed by atoms with van der Waals surface area (Å²) in [6, 6.07) is 4.42. The van der Waals surface area contributed by atoms with Crippen molar-refractivity contribution in [3.63, 3.8) is 0 Å². The number of nitrogens with zero attached hydrogens (tertiary/aromatic N) is 1. The largest absolute Gasteiger partial charge is 0.301 e. The van der Waals surface area contributed by atoms with Gasteiger partial charge in [0.05, 0.1) is 21.0 Å². The van der Waals surface area contributed by atoms with E-state index in [0.717, 1.165) is 14.9 Å². The van der Waals surface area contributed by atoms with Gasteiger partial charge in [0.15, 0.2) is 6.23 Å². The number of thiophene rings is 1. The fraction of sp³-hybridized carbons (Fsp3) is 0.571. The van der Waals surface area contributed by atoms with Crippen LogP contribution in [0, 0.1) is 0 Å². The van der Waals surface area contributed by atoms with Crippen LogP contribution in [0.25, 0.3) is 5.70 Å². The van der Waals surface area contributed by atoms with Crippen LogP contribution in [0.15, 0.2) is 18.2 Å². The molecule has 1 saturated carbocycles. The van der Waals surface area contributed by atoms with E-state index in [9.17, 15) is 0 Å². The first-order valence-electron chi connectivity index (χ1n) is 6.93. The standard InChI is InChI=1S/C14H19ClN2OS/c15-13-8-7-12(19-13)11-9-14(16)18-17(11)10-5-3-1-2-4-6-10/h7-10,14H,1-6,16H2. The van der Waals surface area contributed by atoms with Crippen LogP contribution in [0.5, 0.6) is 0 Å². The number of hydrogen-bond acceptors (Lipinski definition) is 4. The van der Waals surface area contributed by atoms with Crippen LogP contribution >= 0.6 is 22.9 Å². The summed E-state index contributed by atoms with van der Waals surface area (Å²) >= 11 is 7.62. The molecule has 3 rings (SSSR count). The van der Waals surface area contributed by atoms with Crippen molar-refractivity contribution in [3.8, 4) is 0 Å². The maximum Gasteiger partial charge on any atom is 0.155 e. The maximum atomic E-state index is 6.04. The molecule has 104 valence electrons. The first kappa shape index (κ1) is 13.4. The van der Waals surface area contributed by atoms with E-state index in [0.29, 0.717) is 6.04 Å². The van der Waals surface area contributed by atoms with Crippen molar-refractivity contribution in [2.45, 2.75) is 50.8 Å². The van der Waals surface area contributed by atoms with Crippen molar-refractivity contribution in [3.05, 3.63) is 27.4 Å². The normalized spacial score (nSPS) is 25.5. The van der Waals surface area contributed by atoms with Gasteiger partial charge >= 0.3 is 0 Å². The Bertz CT molecular complexity index is 466. The van der Waals surface area contributed by atoms with E-state index in [-0.39, 0.29) is 6.23 Å². The van der Waals surface area contributed by atoms with Gasteiger partial charge in [-0.05, 0) is 31.1 Å². The molecular weight excluding hydrogens is 280 g/mol. The second kappa shape index (κ2) is 5.83. The molecule has 1 aromatic heterocycles. The molecule has 2 N–H and O–H groups in total. The average molecular weight is 299 g/mol. The summed E-state index contributed by atoms with van der Waals surface area (Å²) in [5.74, 6) is 0. The van der Waals surface area contributed by atoms with Gasteiger partial charge in [0, 0.05) is 0 Å². The number of halogens is 1. The Morgan fingerprint density at radius 1 is 1.21 bits per heavy atom. The van der Waals surface area contributed by atoms with Gasteiger partial charge in [-0.2, -0.15) is 0 Å². The Labute approximate surface area is 122 Å². The van der Waals surface area contributed by atoms with Gasteiger partial charge in [0.2, 0.25) is 0 Å². The van der Waals surface area contributed by atoms with Gasteiger partial charge in [-0.25, -0.2) is 5.06 Å². The van der Waals surface area contributed by atoms with Gasteiger partial charge in [0.1, 0.15) is 0 Å². The van der Waals surface area contributed by atoms with Gasteiger partial charge in [-0.3, -0.25) is 4.84 Å². The molecule has 0 aromatic carbocycles. The Hall–Kier alpha value is -0.550. The van der Waals surface area contributed by atoms with E-state index in [1.165, 1.54) is 38.5 Å². The van der Waals surface area contributed by atoms with Gasteiger partial charge in [0.25, 0.3) is 0 Å². The SMILES string of the molecule is NC1C=C(c2ccc(Cl)s2)N(C2CCCCCC2)O1. The van der Waals surface area contributed by atoms with Crippen LogP contribution in [-0.4, -0.2) is 17.3 Å². The zero-order valence-electron chi connectivity index (χ0n) is 10.8. The van der Waals surface area contributed by atoms with E-state index >= 15 is 0 Å². The molecule has 1 aliphatic heterocycles. The lowest BCUT2D eigenvalue weighted by Gasteiger charge is -2.29. The summed E-state index contributed by atoms with van der Waals surface area (Å²) in [5, 5.41) is 2.04. The molecule has 1 unspecified atom stereocenters. The topological polar surface area (TPSA) is 38.5 Å². The maximum absolute atomic E-state index is 6.04. The van der Waals surface area contributed by atoms with Crippen LogP contribution in [-0.2, 0) is 4.84 Å². The highest BCUT2D eigenvalue weighted by Gasteiger charge is 2.30. The number of rotatable bonds is 2. The minimum absolute atomic E-state index is 0.334. The molecule has 0 amide bonds. The summed E-state index contributed by atoms with van der Waals surface area (Å²) in [6.45, 7) is 0. The Morgan fingerprint density at radius 2 is 1.95 bits per heavy atom. The molecular formula is C14H19ClN2OS. The van der Waals surface area contributed by atoms with Crippen molar-refractivity contribution in [2.75, 3.05) is 0 Å². The lowest BCUT2D eigenvalue weighted by molar-refractivity contribution is -0.148. The minimum Gasteiger partial charge on any atom is -0.301 e. The highest BCUT2D eigenvalue weighted by Crippen LogP contribution is 2.37. The molecule has 0 saturated heterocycles. The van der Waals surface area contributed by atoms with Crippen molar-refractivity contribution in [2.24, 2.45) is 5.73 Å². The fourth-order valence-electron chi connectivity index (χ4n) is 2.87. The quantitative estimate of drug-likeness (QED) is 0.839. The molecule has 3 nitrogen and oxygen atoms in total. The molecule has 1 atom stereocenters. The second-order valence-corrected chi connectivity index (χ2v) is 6.91. The summed E-state index contributed by atoms with van der Waals surface area (Å²) in [4.78, 5) is 6.96. The molecule has 1 aromatic rings. The van der Waals surface area contributed by atoms with Crippen molar-refractivity contribution in [1.29, 1.82) is 0 Å². The van der Waals surface area contributed by atoms with Crippen LogP contribution in [0.4, 0.5) is 0 Å². The molecule has 2 aliphatic rings. The summed E-state index contributed by atoms with van der Waals surface area (Å²) < 4.78 is 0.803. The Morgan fingerprint density at radius 3 is 2.58 bits per heavy atom. The van der Waals surface area contributed by atoms with Crippen molar-refractivity contribution < 1.29 is 4.84 Å². The third kappa shape index (κ3) is 2.97. The first-order chi connectivity index (χ1) is 9.24. The van der Waals surface area contributed by atoms with Crippen LogP contribution < -0.4 is 5.73 Å². The minimum atomic E-state index is -0.334. The number of hydroxylamine groups is 2. The molecule has 19 heavy (non-hydrogen) atoms. The predicted octanol–water partition coefficient (Wildman–Crippen LogP) is 4.00. The Kier molecular flexibility index (Phi) is 4.12. The molecule has 5 heteroatoms. The number of nitrogens with two attached hydrogens (primary N) is 1. The highest BCUT2D eigenvalue weighted by molar-refractivity contribution is 7.17. The second-order valence-electron chi connectivity index (χ2n) is 5.20.